The molecule has 1 aromatic carbocycles. The molecule has 138 valence electrons. The maximum atomic E-state index is 12.8. The van der Waals surface area contributed by atoms with Crippen molar-refractivity contribution in [3.63, 3.8) is 0 Å². The van der Waals surface area contributed by atoms with Crippen molar-refractivity contribution in [3.8, 4) is 5.95 Å². The van der Waals surface area contributed by atoms with Crippen molar-refractivity contribution in [1.82, 2.24) is 9.80 Å². The smallest absolute Gasteiger partial charge is 0.289 e. The second kappa shape index (κ2) is 8.08. The molecule has 2 aromatic rings. The summed E-state index contributed by atoms with van der Waals surface area (Å²) >= 11 is 0. The summed E-state index contributed by atoms with van der Waals surface area (Å²) in [4.78, 5) is 29.0. The van der Waals surface area contributed by atoms with E-state index in [1.54, 1.807) is 17.0 Å². The van der Waals surface area contributed by atoms with Crippen molar-refractivity contribution < 1.29 is 18.7 Å². The first kappa shape index (κ1) is 18.0. The van der Waals surface area contributed by atoms with E-state index in [-0.39, 0.29) is 23.6 Å². The molecule has 1 aromatic heterocycles. The summed E-state index contributed by atoms with van der Waals surface area (Å²) in [6, 6.07) is 13.1. The zero-order chi connectivity index (χ0) is 18.5. The molecule has 6 nitrogen and oxygen atoms in total. The number of hydrogen-bond donors (Lipinski definition) is 0. The van der Waals surface area contributed by atoms with Gasteiger partial charge in [-0.15, -0.1) is 0 Å². The Morgan fingerprint density at radius 1 is 1.23 bits per heavy atom. The lowest BCUT2D eigenvalue weighted by Crippen LogP contribution is -2.43. The maximum absolute atomic E-state index is 12.8. The van der Waals surface area contributed by atoms with Gasteiger partial charge in [0.15, 0.2) is 5.76 Å². The van der Waals surface area contributed by atoms with Crippen LogP contribution in [-0.2, 0) is 11.3 Å². The second-order valence-electron chi connectivity index (χ2n) is 6.39. The summed E-state index contributed by atoms with van der Waals surface area (Å²) in [5.74, 6) is 0.409. The monoisotopic (exact) mass is 356 g/mol. The van der Waals surface area contributed by atoms with E-state index in [0.717, 1.165) is 12.0 Å². The zero-order valence-electron chi connectivity index (χ0n) is 15.2. The number of nitrogens with zero attached hydrogens (tertiary/aromatic N) is 2. The van der Waals surface area contributed by atoms with Crippen LogP contribution in [0, 0.1) is 0 Å². The average Bonchev–Trinajstić information content (AvgIpc) is 3.10. The molecule has 0 N–H and O–H groups in total. The molecule has 0 spiro atoms. The average molecular weight is 356 g/mol. The summed E-state index contributed by atoms with van der Waals surface area (Å²) in [7, 11) is 1.49. The molecule has 1 saturated heterocycles. The highest BCUT2D eigenvalue weighted by Gasteiger charge is 2.32. The molecule has 26 heavy (non-hydrogen) atoms. The van der Waals surface area contributed by atoms with Crippen molar-refractivity contribution >= 4 is 11.8 Å². The third kappa shape index (κ3) is 3.90. The zero-order valence-corrected chi connectivity index (χ0v) is 15.2. The van der Waals surface area contributed by atoms with Gasteiger partial charge in [0.2, 0.25) is 5.91 Å². The van der Waals surface area contributed by atoms with Gasteiger partial charge in [-0.05, 0) is 18.1 Å². The van der Waals surface area contributed by atoms with Gasteiger partial charge in [-0.25, -0.2) is 0 Å². The molecule has 0 aliphatic carbocycles. The van der Waals surface area contributed by atoms with Crippen LogP contribution in [0.2, 0.25) is 0 Å². The molecular weight excluding hydrogens is 332 g/mol. The predicted octanol–water partition coefficient (Wildman–Crippen LogP) is 2.94. The fourth-order valence-corrected chi connectivity index (χ4v) is 3.25. The number of hydrogen-bond acceptors (Lipinski definition) is 4. The molecule has 1 unspecified atom stereocenters. The fourth-order valence-electron chi connectivity index (χ4n) is 3.25. The van der Waals surface area contributed by atoms with Gasteiger partial charge >= 0.3 is 0 Å². The van der Waals surface area contributed by atoms with Crippen LogP contribution in [-0.4, -0.2) is 47.9 Å². The Morgan fingerprint density at radius 2 is 2.00 bits per heavy atom. The van der Waals surface area contributed by atoms with E-state index in [1.807, 2.05) is 42.2 Å². The quantitative estimate of drug-likeness (QED) is 0.826. The van der Waals surface area contributed by atoms with Gasteiger partial charge in [-0.2, -0.15) is 0 Å². The molecule has 1 aliphatic heterocycles. The molecule has 2 amide bonds. The predicted molar refractivity (Wildman–Crippen MR) is 96.9 cm³/mol. The Labute approximate surface area is 153 Å². The van der Waals surface area contributed by atoms with Gasteiger partial charge in [0.1, 0.15) is 0 Å². The van der Waals surface area contributed by atoms with E-state index in [1.165, 1.54) is 7.11 Å². The highest BCUT2D eigenvalue weighted by atomic mass is 16.6. The number of carbonyl (C=O) groups is 2. The lowest BCUT2D eigenvalue weighted by atomic mass is 10.1. The number of amides is 2. The van der Waals surface area contributed by atoms with Crippen LogP contribution < -0.4 is 4.74 Å². The Balaban J connectivity index is 1.76. The van der Waals surface area contributed by atoms with Crippen LogP contribution in [0.25, 0.3) is 0 Å². The van der Waals surface area contributed by atoms with Crippen LogP contribution in [0.15, 0.2) is 46.9 Å². The fraction of sp³-hybridized carbons (Fsp3) is 0.400. The van der Waals surface area contributed by atoms with E-state index in [4.69, 9.17) is 9.15 Å². The highest BCUT2D eigenvalue weighted by Crippen LogP contribution is 2.21. The minimum absolute atomic E-state index is 0.0222. The number of rotatable bonds is 5. The molecule has 0 saturated carbocycles. The SMILES string of the molecule is CCC1CN(C(=O)c2ccc(OC)o2)CCC(=O)N1Cc1ccccc1. The normalized spacial score (nSPS) is 17.9. The summed E-state index contributed by atoms with van der Waals surface area (Å²) in [6.45, 7) is 3.49. The molecule has 0 radical (unpaired) electrons. The second-order valence-corrected chi connectivity index (χ2v) is 6.39. The third-order valence-corrected chi connectivity index (χ3v) is 4.74. The minimum atomic E-state index is -0.207. The number of carbonyl (C=O) groups excluding carboxylic acids is 2. The van der Waals surface area contributed by atoms with Gasteiger partial charge < -0.3 is 19.0 Å². The van der Waals surface area contributed by atoms with E-state index in [2.05, 4.69) is 0 Å². The van der Waals surface area contributed by atoms with Gasteiger partial charge in [-0.1, -0.05) is 37.3 Å². The van der Waals surface area contributed by atoms with E-state index in [9.17, 15) is 9.59 Å². The molecule has 1 atom stereocenters. The standard InChI is InChI=1S/C20H24N2O4/c1-3-16-14-21(20(24)17-9-10-19(25-2)26-17)12-11-18(23)22(16)13-15-7-5-4-6-8-15/h4-10,16H,3,11-14H2,1-2H3. The first-order valence-corrected chi connectivity index (χ1v) is 8.89. The van der Waals surface area contributed by atoms with Crippen molar-refractivity contribution in [2.24, 2.45) is 0 Å². The van der Waals surface area contributed by atoms with Crippen LogP contribution in [0.3, 0.4) is 0 Å². The summed E-state index contributed by atoms with van der Waals surface area (Å²) < 4.78 is 10.4. The van der Waals surface area contributed by atoms with Crippen molar-refractivity contribution in [2.75, 3.05) is 20.2 Å². The highest BCUT2D eigenvalue weighted by molar-refractivity contribution is 5.92. The Morgan fingerprint density at radius 3 is 2.65 bits per heavy atom. The largest absolute Gasteiger partial charge is 0.468 e. The Kier molecular flexibility index (Phi) is 5.61. The van der Waals surface area contributed by atoms with Crippen LogP contribution in [0.4, 0.5) is 0 Å². The summed E-state index contributed by atoms with van der Waals surface area (Å²) in [6.07, 6.45) is 1.09. The van der Waals surface area contributed by atoms with E-state index >= 15 is 0 Å². The number of furan rings is 1. The number of methoxy groups -OCH3 is 1. The number of ether oxygens (including phenoxy) is 1. The summed E-state index contributed by atoms with van der Waals surface area (Å²) in [5, 5.41) is 0. The van der Waals surface area contributed by atoms with E-state index < -0.39 is 0 Å². The van der Waals surface area contributed by atoms with Crippen LogP contribution in [0.1, 0.15) is 35.9 Å². The lowest BCUT2D eigenvalue weighted by Gasteiger charge is -2.31. The third-order valence-electron chi connectivity index (χ3n) is 4.74. The van der Waals surface area contributed by atoms with Crippen molar-refractivity contribution in [3.05, 3.63) is 53.8 Å². The maximum Gasteiger partial charge on any atom is 0.289 e. The van der Waals surface area contributed by atoms with Crippen LogP contribution in [0.5, 0.6) is 5.95 Å². The van der Waals surface area contributed by atoms with E-state index in [0.29, 0.717) is 32.0 Å². The van der Waals surface area contributed by atoms with Crippen LogP contribution >= 0.6 is 0 Å². The lowest BCUT2D eigenvalue weighted by molar-refractivity contribution is -0.133. The van der Waals surface area contributed by atoms with Gasteiger partial charge in [0.05, 0.1) is 7.11 Å². The Bertz CT molecular complexity index is 756. The first-order chi connectivity index (χ1) is 12.6. The molecule has 0 bridgehead atoms. The van der Waals surface area contributed by atoms with Crippen molar-refractivity contribution in [1.29, 1.82) is 0 Å². The van der Waals surface area contributed by atoms with Gasteiger partial charge in [0.25, 0.3) is 11.9 Å². The van der Waals surface area contributed by atoms with Crippen molar-refractivity contribution in [2.45, 2.75) is 32.4 Å². The molecule has 1 aliphatic rings. The number of benzene rings is 1. The molecule has 6 heteroatoms. The first-order valence-electron chi connectivity index (χ1n) is 8.89. The molecular formula is C20H24N2O4. The Hall–Kier alpha value is -2.76. The molecule has 2 heterocycles. The summed E-state index contributed by atoms with van der Waals surface area (Å²) in [5.41, 5.74) is 1.09. The van der Waals surface area contributed by atoms with Gasteiger partial charge in [-0.3, -0.25) is 9.59 Å². The molecule has 1 fully saturated rings. The van der Waals surface area contributed by atoms with Gasteiger partial charge in [0, 0.05) is 38.2 Å². The molecule has 3 rings (SSSR count). The minimum Gasteiger partial charge on any atom is -0.468 e. The topological polar surface area (TPSA) is 63.0 Å².